The van der Waals surface area contributed by atoms with E-state index in [4.69, 9.17) is 14.8 Å². The molecular formula is C48H42N4O. The van der Waals surface area contributed by atoms with Crippen molar-refractivity contribution in [2.45, 2.75) is 46.5 Å². The molecule has 0 aliphatic heterocycles. The molecule has 9 rings (SSSR count). The van der Waals surface area contributed by atoms with Crippen LogP contribution >= 0.6 is 0 Å². The van der Waals surface area contributed by atoms with Crippen LogP contribution in [0.1, 0.15) is 49.3 Å². The smallest absolute Gasteiger partial charge is 0.137 e. The molecule has 5 nitrogen and oxygen atoms in total. The molecule has 3 heterocycles. The van der Waals surface area contributed by atoms with Crippen molar-refractivity contribution in [3.63, 3.8) is 0 Å². The van der Waals surface area contributed by atoms with Crippen LogP contribution in [0.5, 0.6) is 11.5 Å². The van der Waals surface area contributed by atoms with Crippen LogP contribution in [0, 0.1) is 19.8 Å². The predicted octanol–water partition coefficient (Wildman–Crippen LogP) is 12.6. The second-order valence-corrected chi connectivity index (χ2v) is 14.6. The summed E-state index contributed by atoms with van der Waals surface area (Å²) in [5.41, 5.74) is 12.5. The van der Waals surface area contributed by atoms with Crippen molar-refractivity contribution >= 4 is 21.8 Å². The highest BCUT2D eigenvalue weighted by molar-refractivity contribution is 6.09. The molecule has 53 heavy (non-hydrogen) atoms. The van der Waals surface area contributed by atoms with Crippen molar-refractivity contribution in [1.82, 2.24) is 19.3 Å². The van der Waals surface area contributed by atoms with E-state index in [2.05, 4.69) is 170 Å². The molecule has 1 aliphatic carbocycles. The third-order valence-electron chi connectivity index (χ3n) is 10.8. The van der Waals surface area contributed by atoms with E-state index in [1.165, 1.54) is 16.5 Å². The Morgan fingerprint density at radius 1 is 0.660 bits per heavy atom. The standard InChI is InChI=1S/C48H42N4O/c1-31-24-25-49-44(28-31)51-42-21-12-11-20-40(42)41-23-22-38(30-43(41)51)53-39-27-32(2)26-37(29-39)52-48(36-18-9-6-10-19-36)46(45-33(3)14-13-15-34(45)4)47(50-52)35-16-7-5-8-17-35/h5-12,14,16-30,34,45H,13,15H2,1-4H3/t34-,45+/m0/s1. The van der Waals surface area contributed by atoms with Crippen LogP contribution in [0.15, 0.2) is 151 Å². The quantitative estimate of drug-likeness (QED) is 0.156. The molecule has 260 valence electrons. The zero-order chi connectivity index (χ0) is 36.1. The number of hydrogen-bond acceptors (Lipinski definition) is 3. The van der Waals surface area contributed by atoms with Gasteiger partial charge in [0, 0.05) is 51.7 Å². The first-order valence-corrected chi connectivity index (χ1v) is 18.6. The van der Waals surface area contributed by atoms with Crippen LogP contribution in [-0.2, 0) is 0 Å². The van der Waals surface area contributed by atoms with Gasteiger partial charge in [-0.05, 0) is 93.1 Å². The largest absolute Gasteiger partial charge is 0.457 e. The molecule has 0 spiro atoms. The molecule has 0 saturated carbocycles. The Bertz CT molecular complexity index is 2650. The van der Waals surface area contributed by atoms with E-state index in [0.717, 1.165) is 85.9 Å². The van der Waals surface area contributed by atoms with Crippen LogP contribution in [0.2, 0.25) is 0 Å². The van der Waals surface area contributed by atoms with Crippen LogP contribution in [0.25, 0.3) is 55.8 Å². The summed E-state index contributed by atoms with van der Waals surface area (Å²) in [5.74, 6) is 3.15. The van der Waals surface area contributed by atoms with Crippen LogP contribution in [-0.4, -0.2) is 19.3 Å². The van der Waals surface area contributed by atoms with Crippen LogP contribution < -0.4 is 4.74 Å². The van der Waals surface area contributed by atoms with E-state index in [0.29, 0.717) is 5.92 Å². The molecule has 0 bridgehead atoms. The van der Waals surface area contributed by atoms with Gasteiger partial charge in [0.15, 0.2) is 0 Å². The van der Waals surface area contributed by atoms with Gasteiger partial charge in [-0.1, -0.05) is 97.4 Å². The minimum absolute atomic E-state index is 0.254. The number of aryl methyl sites for hydroxylation is 2. The van der Waals surface area contributed by atoms with Gasteiger partial charge in [-0.3, -0.25) is 4.57 Å². The molecule has 0 fully saturated rings. The topological polar surface area (TPSA) is 44.9 Å². The minimum atomic E-state index is 0.254. The van der Waals surface area contributed by atoms with Crippen LogP contribution in [0.4, 0.5) is 0 Å². The molecule has 1 aliphatic rings. The van der Waals surface area contributed by atoms with E-state index in [1.54, 1.807) is 0 Å². The van der Waals surface area contributed by atoms with Crippen molar-refractivity contribution in [3.05, 3.63) is 168 Å². The van der Waals surface area contributed by atoms with Crippen LogP contribution in [0.3, 0.4) is 0 Å². The molecule has 0 saturated heterocycles. The summed E-state index contributed by atoms with van der Waals surface area (Å²) < 4.78 is 11.2. The lowest BCUT2D eigenvalue weighted by Crippen LogP contribution is -2.16. The van der Waals surface area contributed by atoms with Gasteiger partial charge in [0.25, 0.3) is 0 Å². The van der Waals surface area contributed by atoms with Crippen molar-refractivity contribution < 1.29 is 4.74 Å². The summed E-state index contributed by atoms with van der Waals surface area (Å²) in [6, 6.07) is 46.9. The summed E-state index contributed by atoms with van der Waals surface area (Å²) in [6.45, 7) is 8.92. The number of nitrogens with zero attached hydrogens (tertiary/aromatic N) is 4. The highest BCUT2D eigenvalue weighted by Gasteiger charge is 2.33. The Hall–Kier alpha value is -6.20. The van der Waals surface area contributed by atoms with Gasteiger partial charge in [0.2, 0.25) is 0 Å². The van der Waals surface area contributed by atoms with E-state index in [1.807, 2.05) is 12.3 Å². The first-order valence-electron chi connectivity index (χ1n) is 18.6. The average molecular weight is 691 g/mol. The average Bonchev–Trinajstić information content (AvgIpc) is 3.72. The van der Waals surface area contributed by atoms with Gasteiger partial charge in [-0.15, -0.1) is 0 Å². The number of rotatable bonds is 7. The highest BCUT2D eigenvalue weighted by atomic mass is 16.5. The first kappa shape index (κ1) is 32.7. The molecule has 0 N–H and O–H groups in total. The molecule has 5 heteroatoms. The number of fused-ring (bicyclic) bond motifs is 3. The minimum Gasteiger partial charge on any atom is -0.457 e. The van der Waals surface area contributed by atoms with Crippen molar-refractivity contribution in [3.8, 4) is 45.5 Å². The number of benzene rings is 5. The fraction of sp³-hybridized carbons (Fsp3) is 0.167. The molecule has 3 aromatic heterocycles. The SMILES string of the molecule is CC1=CCC[C@H](C)[C@@H]1c1c(-c2ccccc2)nn(-c2cc(C)cc(Oc3ccc4c5ccccc5n(-c5cc(C)ccn5)c4c3)c2)c1-c1ccccc1. The number of aromatic nitrogens is 4. The fourth-order valence-corrected chi connectivity index (χ4v) is 8.37. The Balaban J connectivity index is 1.21. The maximum absolute atomic E-state index is 6.77. The zero-order valence-corrected chi connectivity index (χ0v) is 30.6. The second kappa shape index (κ2) is 13.4. The third kappa shape index (κ3) is 5.92. The lowest BCUT2D eigenvalue weighted by molar-refractivity contribution is 0.451. The van der Waals surface area contributed by atoms with Gasteiger partial charge in [0.05, 0.1) is 28.1 Å². The van der Waals surface area contributed by atoms with Gasteiger partial charge in [-0.2, -0.15) is 5.10 Å². The number of ether oxygens (including phenoxy) is 1. The molecule has 0 radical (unpaired) electrons. The zero-order valence-electron chi connectivity index (χ0n) is 30.6. The highest BCUT2D eigenvalue weighted by Crippen LogP contribution is 2.47. The summed E-state index contributed by atoms with van der Waals surface area (Å²) in [4.78, 5) is 4.77. The van der Waals surface area contributed by atoms with Crippen molar-refractivity contribution in [1.29, 1.82) is 0 Å². The molecule has 0 unspecified atom stereocenters. The lowest BCUT2D eigenvalue weighted by Gasteiger charge is -2.30. The van der Waals surface area contributed by atoms with E-state index in [9.17, 15) is 0 Å². The maximum Gasteiger partial charge on any atom is 0.137 e. The number of pyridine rings is 1. The Labute approximate surface area is 310 Å². The molecule has 5 aromatic carbocycles. The summed E-state index contributed by atoms with van der Waals surface area (Å²) >= 11 is 0. The van der Waals surface area contributed by atoms with Gasteiger partial charge in [0.1, 0.15) is 17.3 Å². The Morgan fingerprint density at radius 3 is 2.17 bits per heavy atom. The Kier molecular flexibility index (Phi) is 8.27. The predicted molar refractivity (Wildman–Crippen MR) is 217 cm³/mol. The van der Waals surface area contributed by atoms with Gasteiger partial charge < -0.3 is 4.74 Å². The van der Waals surface area contributed by atoms with Gasteiger partial charge in [-0.25, -0.2) is 9.67 Å². The van der Waals surface area contributed by atoms with E-state index in [-0.39, 0.29) is 5.92 Å². The number of para-hydroxylation sites is 1. The number of allylic oxidation sites excluding steroid dienone is 2. The normalized spacial score (nSPS) is 15.9. The lowest BCUT2D eigenvalue weighted by atomic mass is 9.74. The van der Waals surface area contributed by atoms with Gasteiger partial charge >= 0.3 is 0 Å². The van der Waals surface area contributed by atoms with Crippen molar-refractivity contribution in [2.24, 2.45) is 5.92 Å². The monoisotopic (exact) mass is 690 g/mol. The fourth-order valence-electron chi connectivity index (χ4n) is 8.37. The summed E-state index contributed by atoms with van der Waals surface area (Å²) in [6.07, 6.45) is 6.57. The maximum atomic E-state index is 6.77. The van der Waals surface area contributed by atoms with Crippen molar-refractivity contribution in [2.75, 3.05) is 0 Å². The second-order valence-electron chi connectivity index (χ2n) is 14.6. The summed E-state index contributed by atoms with van der Waals surface area (Å²) in [7, 11) is 0. The third-order valence-corrected chi connectivity index (χ3v) is 10.8. The van der Waals surface area contributed by atoms with E-state index < -0.39 is 0 Å². The first-order chi connectivity index (χ1) is 25.9. The molecule has 0 amide bonds. The Morgan fingerprint density at radius 2 is 1.40 bits per heavy atom. The summed E-state index contributed by atoms with van der Waals surface area (Å²) in [5, 5.41) is 7.85. The van der Waals surface area contributed by atoms with E-state index >= 15 is 0 Å². The number of hydrogen-bond donors (Lipinski definition) is 0. The molecule has 2 atom stereocenters. The molecular weight excluding hydrogens is 649 g/mol. The molecule has 8 aromatic rings.